The average Bonchev–Trinajstić information content (AvgIpc) is 2.48. The Morgan fingerprint density at radius 3 is 2.45 bits per heavy atom. The van der Waals surface area contributed by atoms with Crippen LogP contribution in [0.15, 0.2) is 42.5 Å². The van der Waals surface area contributed by atoms with Gasteiger partial charge in [-0.15, -0.1) is 0 Å². The lowest BCUT2D eigenvalue weighted by Crippen LogP contribution is -2.27. The first-order valence-corrected chi connectivity index (χ1v) is 6.72. The lowest BCUT2D eigenvalue weighted by atomic mass is 10.1. The average molecular weight is 292 g/mol. The molecular formula is C16H15ClFNO. The summed E-state index contributed by atoms with van der Waals surface area (Å²) in [5.41, 5.74) is 1.87. The number of amides is 1. The van der Waals surface area contributed by atoms with Gasteiger partial charge in [-0.1, -0.05) is 30.7 Å². The van der Waals surface area contributed by atoms with Crippen LogP contribution in [-0.2, 0) is 6.42 Å². The molecule has 0 aliphatic carbocycles. The fourth-order valence-corrected chi connectivity index (χ4v) is 2.09. The lowest BCUT2D eigenvalue weighted by Gasteiger charge is -2.18. The molecule has 0 aromatic heterocycles. The normalized spacial score (nSPS) is 10.4. The number of carbonyl (C=O) groups is 1. The van der Waals surface area contributed by atoms with Crippen LogP contribution in [0.25, 0.3) is 0 Å². The fraction of sp³-hybridized carbons (Fsp3) is 0.188. The minimum atomic E-state index is -0.573. The molecule has 0 saturated heterocycles. The summed E-state index contributed by atoms with van der Waals surface area (Å²) in [6.45, 7) is 2.06. The number of aryl methyl sites for hydroxylation is 1. The van der Waals surface area contributed by atoms with Crippen molar-refractivity contribution in [2.24, 2.45) is 0 Å². The summed E-state index contributed by atoms with van der Waals surface area (Å²) in [5, 5.41) is 0.337. The summed E-state index contributed by atoms with van der Waals surface area (Å²) in [6, 6.07) is 11.6. The molecule has 0 N–H and O–H groups in total. The number of hydrogen-bond acceptors (Lipinski definition) is 1. The van der Waals surface area contributed by atoms with Crippen LogP contribution in [0.3, 0.4) is 0 Å². The standard InChI is InChI=1S/C16H15ClFNO/c1-3-11-4-7-13(8-5-11)19(2)16(20)14-10-12(17)6-9-15(14)18/h4-10H,3H2,1-2H3. The number of nitrogens with zero attached hydrogens (tertiary/aromatic N) is 1. The van der Waals surface area contributed by atoms with Crippen molar-refractivity contribution in [3.05, 3.63) is 64.4 Å². The van der Waals surface area contributed by atoms with Crippen LogP contribution in [0.4, 0.5) is 10.1 Å². The quantitative estimate of drug-likeness (QED) is 0.825. The molecule has 0 heterocycles. The van der Waals surface area contributed by atoms with Gasteiger partial charge in [0.2, 0.25) is 0 Å². The van der Waals surface area contributed by atoms with Gasteiger partial charge < -0.3 is 4.90 Å². The zero-order valence-electron chi connectivity index (χ0n) is 11.4. The van der Waals surface area contributed by atoms with Crippen LogP contribution in [0, 0.1) is 5.82 Å². The van der Waals surface area contributed by atoms with Crippen molar-refractivity contribution in [3.8, 4) is 0 Å². The molecule has 20 heavy (non-hydrogen) atoms. The number of carbonyl (C=O) groups excluding carboxylic acids is 1. The number of halogens is 2. The van der Waals surface area contributed by atoms with E-state index in [9.17, 15) is 9.18 Å². The highest BCUT2D eigenvalue weighted by atomic mass is 35.5. The first kappa shape index (κ1) is 14.5. The van der Waals surface area contributed by atoms with Gasteiger partial charge in [0.05, 0.1) is 5.56 Å². The molecule has 0 radical (unpaired) electrons. The van der Waals surface area contributed by atoms with Crippen molar-refractivity contribution in [2.45, 2.75) is 13.3 Å². The maximum Gasteiger partial charge on any atom is 0.261 e. The first-order chi connectivity index (χ1) is 9.52. The second kappa shape index (κ2) is 6.06. The molecule has 2 aromatic rings. The molecule has 2 nitrogen and oxygen atoms in total. The molecule has 2 aromatic carbocycles. The fourth-order valence-electron chi connectivity index (χ4n) is 1.91. The van der Waals surface area contributed by atoms with Crippen molar-refractivity contribution in [2.75, 3.05) is 11.9 Å². The van der Waals surface area contributed by atoms with Crippen molar-refractivity contribution in [1.82, 2.24) is 0 Å². The Hall–Kier alpha value is -1.87. The largest absolute Gasteiger partial charge is 0.311 e. The summed E-state index contributed by atoms with van der Waals surface area (Å²) >= 11 is 5.81. The van der Waals surface area contributed by atoms with Gasteiger partial charge in [-0.2, -0.15) is 0 Å². The molecule has 2 rings (SSSR count). The molecule has 0 aliphatic rings. The molecule has 0 spiro atoms. The van der Waals surface area contributed by atoms with E-state index in [0.717, 1.165) is 6.42 Å². The van der Waals surface area contributed by atoms with Crippen molar-refractivity contribution in [1.29, 1.82) is 0 Å². The van der Waals surface area contributed by atoms with E-state index in [1.807, 2.05) is 24.3 Å². The third-order valence-corrected chi connectivity index (χ3v) is 3.43. The molecule has 0 bridgehead atoms. The van der Waals surface area contributed by atoms with E-state index in [-0.39, 0.29) is 5.56 Å². The van der Waals surface area contributed by atoms with Gasteiger partial charge in [0.25, 0.3) is 5.91 Å². The molecule has 0 saturated carbocycles. The van der Waals surface area contributed by atoms with Crippen molar-refractivity contribution >= 4 is 23.2 Å². The van der Waals surface area contributed by atoms with E-state index < -0.39 is 11.7 Å². The van der Waals surface area contributed by atoms with E-state index in [1.54, 1.807) is 7.05 Å². The molecular weight excluding hydrogens is 277 g/mol. The van der Waals surface area contributed by atoms with Crippen molar-refractivity contribution < 1.29 is 9.18 Å². The minimum Gasteiger partial charge on any atom is -0.311 e. The van der Waals surface area contributed by atoms with Crippen molar-refractivity contribution in [3.63, 3.8) is 0 Å². The molecule has 4 heteroatoms. The van der Waals surface area contributed by atoms with Crippen LogP contribution < -0.4 is 4.90 Å². The van der Waals surface area contributed by atoms with E-state index in [4.69, 9.17) is 11.6 Å². The van der Waals surface area contributed by atoms with Gasteiger partial charge in [-0.25, -0.2) is 4.39 Å². The maximum atomic E-state index is 13.7. The summed E-state index contributed by atoms with van der Waals surface area (Å²) in [5.74, 6) is -0.995. The Morgan fingerprint density at radius 2 is 1.85 bits per heavy atom. The third-order valence-electron chi connectivity index (χ3n) is 3.20. The van der Waals surface area contributed by atoms with Gasteiger partial charge in [-0.05, 0) is 42.3 Å². The molecule has 1 amide bonds. The van der Waals surface area contributed by atoms with Crippen LogP contribution >= 0.6 is 11.6 Å². The van der Waals surface area contributed by atoms with E-state index in [1.165, 1.54) is 28.7 Å². The molecule has 0 atom stereocenters. The molecule has 0 unspecified atom stereocenters. The van der Waals surface area contributed by atoms with Gasteiger partial charge in [0.15, 0.2) is 0 Å². The number of rotatable bonds is 3. The summed E-state index contributed by atoms with van der Waals surface area (Å²) in [7, 11) is 1.61. The SMILES string of the molecule is CCc1ccc(N(C)C(=O)c2cc(Cl)ccc2F)cc1. The summed E-state index contributed by atoms with van der Waals surface area (Å²) in [4.78, 5) is 13.7. The number of benzene rings is 2. The topological polar surface area (TPSA) is 20.3 Å². The van der Waals surface area contributed by atoms with Gasteiger partial charge in [0, 0.05) is 17.8 Å². The highest BCUT2D eigenvalue weighted by molar-refractivity contribution is 6.31. The predicted octanol–water partition coefficient (Wildman–Crippen LogP) is 4.32. The highest BCUT2D eigenvalue weighted by Gasteiger charge is 2.17. The zero-order chi connectivity index (χ0) is 14.7. The molecule has 0 aliphatic heterocycles. The maximum absolute atomic E-state index is 13.7. The Balaban J connectivity index is 2.29. The lowest BCUT2D eigenvalue weighted by molar-refractivity contribution is 0.0989. The smallest absolute Gasteiger partial charge is 0.261 e. The first-order valence-electron chi connectivity index (χ1n) is 6.35. The second-order valence-electron chi connectivity index (χ2n) is 4.51. The molecule has 104 valence electrons. The minimum absolute atomic E-state index is 0.0282. The van der Waals surface area contributed by atoms with Gasteiger partial charge in [0.1, 0.15) is 5.82 Å². The molecule has 0 fully saturated rings. The Bertz CT molecular complexity index is 625. The Morgan fingerprint density at radius 1 is 1.20 bits per heavy atom. The van der Waals surface area contributed by atoms with Crippen LogP contribution in [0.2, 0.25) is 5.02 Å². The highest BCUT2D eigenvalue weighted by Crippen LogP contribution is 2.20. The Labute approximate surface area is 122 Å². The van der Waals surface area contributed by atoms with Gasteiger partial charge >= 0.3 is 0 Å². The Kier molecular flexibility index (Phi) is 4.40. The van der Waals surface area contributed by atoms with E-state index in [0.29, 0.717) is 10.7 Å². The summed E-state index contributed by atoms with van der Waals surface area (Å²) < 4.78 is 13.7. The van der Waals surface area contributed by atoms with Crippen LogP contribution in [0.1, 0.15) is 22.8 Å². The summed E-state index contributed by atoms with van der Waals surface area (Å²) in [6.07, 6.45) is 0.931. The second-order valence-corrected chi connectivity index (χ2v) is 4.94. The number of anilines is 1. The van der Waals surface area contributed by atoms with E-state index in [2.05, 4.69) is 6.92 Å². The monoisotopic (exact) mass is 291 g/mol. The van der Waals surface area contributed by atoms with Crippen LogP contribution in [-0.4, -0.2) is 13.0 Å². The zero-order valence-corrected chi connectivity index (χ0v) is 12.1. The number of hydrogen-bond donors (Lipinski definition) is 0. The predicted molar refractivity (Wildman–Crippen MR) is 80.0 cm³/mol. The van der Waals surface area contributed by atoms with E-state index >= 15 is 0 Å². The van der Waals surface area contributed by atoms with Gasteiger partial charge in [-0.3, -0.25) is 4.79 Å². The van der Waals surface area contributed by atoms with Crippen LogP contribution in [0.5, 0.6) is 0 Å². The third kappa shape index (κ3) is 2.99.